The van der Waals surface area contributed by atoms with Crippen molar-refractivity contribution in [2.75, 3.05) is 0 Å². The fourth-order valence-corrected chi connectivity index (χ4v) is 2.28. The van der Waals surface area contributed by atoms with Crippen molar-refractivity contribution in [3.63, 3.8) is 0 Å². The maximum absolute atomic E-state index is 12.8. The maximum Gasteiger partial charge on any atom is 0.433 e. The molecule has 0 aliphatic heterocycles. The van der Waals surface area contributed by atoms with Crippen LogP contribution in [0.3, 0.4) is 0 Å². The summed E-state index contributed by atoms with van der Waals surface area (Å²) in [7, 11) is 0. The van der Waals surface area contributed by atoms with E-state index in [2.05, 4.69) is 21.8 Å². The van der Waals surface area contributed by atoms with Crippen molar-refractivity contribution in [1.82, 2.24) is 14.5 Å². The van der Waals surface area contributed by atoms with Crippen LogP contribution in [0.1, 0.15) is 28.3 Å². The van der Waals surface area contributed by atoms with Crippen LogP contribution >= 0.6 is 0 Å². The van der Waals surface area contributed by atoms with Gasteiger partial charge in [-0.3, -0.25) is 4.57 Å². The lowest BCUT2D eigenvalue weighted by Crippen LogP contribution is -2.10. The van der Waals surface area contributed by atoms with E-state index in [4.69, 9.17) is 5.26 Å². The first-order valence-corrected chi connectivity index (χ1v) is 7.49. The van der Waals surface area contributed by atoms with Gasteiger partial charge in [-0.05, 0) is 43.2 Å². The van der Waals surface area contributed by atoms with E-state index < -0.39 is 11.9 Å². The van der Waals surface area contributed by atoms with Gasteiger partial charge < -0.3 is 0 Å². The van der Waals surface area contributed by atoms with Gasteiger partial charge in [0.2, 0.25) is 0 Å². The molecule has 0 unspecified atom stereocenters. The number of pyridine rings is 1. The van der Waals surface area contributed by atoms with Crippen molar-refractivity contribution in [2.45, 2.75) is 13.1 Å². The van der Waals surface area contributed by atoms with Crippen LogP contribution in [-0.2, 0) is 6.18 Å². The molecule has 4 nitrogen and oxygen atoms in total. The summed E-state index contributed by atoms with van der Waals surface area (Å²) in [4.78, 5) is 7.88. The number of nitriles is 1. The molecule has 2 aromatic heterocycles. The number of alkyl halides is 3. The molecule has 0 saturated heterocycles. The number of hydrogen-bond acceptors (Lipinski definition) is 3. The van der Waals surface area contributed by atoms with Gasteiger partial charge in [-0.25, -0.2) is 9.97 Å². The minimum atomic E-state index is -4.51. The Morgan fingerprint density at radius 2 is 1.73 bits per heavy atom. The number of nitrogens with zero attached hydrogens (tertiary/aromatic N) is 4. The highest BCUT2D eigenvalue weighted by atomic mass is 19.4. The molecule has 0 fully saturated rings. The maximum atomic E-state index is 12.8. The Hall–Kier alpha value is -3.58. The topological polar surface area (TPSA) is 54.5 Å². The Labute approximate surface area is 147 Å². The Balaban J connectivity index is 1.94. The minimum Gasteiger partial charge on any atom is -0.287 e. The van der Waals surface area contributed by atoms with E-state index in [1.165, 1.54) is 22.9 Å². The molecule has 0 radical (unpaired) electrons. The number of aromatic nitrogens is 3. The second kappa shape index (κ2) is 6.73. The van der Waals surface area contributed by atoms with Gasteiger partial charge in [-0.15, -0.1) is 0 Å². The lowest BCUT2D eigenvalue weighted by atomic mass is 10.1. The van der Waals surface area contributed by atoms with Gasteiger partial charge in [0.25, 0.3) is 0 Å². The monoisotopic (exact) mass is 352 g/mol. The number of halogens is 3. The molecule has 0 bridgehead atoms. The average molecular weight is 352 g/mol. The van der Waals surface area contributed by atoms with Crippen molar-refractivity contribution in [2.24, 2.45) is 0 Å². The second-order valence-electron chi connectivity index (χ2n) is 5.36. The molecule has 0 aliphatic carbocycles. The van der Waals surface area contributed by atoms with Gasteiger partial charge in [-0.1, -0.05) is 18.1 Å². The predicted molar refractivity (Wildman–Crippen MR) is 88.2 cm³/mol. The number of imidazole rings is 1. The zero-order chi connectivity index (χ0) is 18.7. The minimum absolute atomic E-state index is 0.115. The van der Waals surface area contributed by atoms with E-state index >= 15 is 0 Å². The van der Waals surface area contributed by atoms with Crippen molar-refractivity contribution in [1.29, 1.82) is 5.26 Å². The van der Waals surface area contributed by atoms with Crippen LogP contribution in [0.15, 0.2) is 48.7 Å². The van der Waals surface area contributed by atoms with Crippen LogP contribution in [0.4, 0.5) is 13.2 Å². The first-order valence-electron chi connectivity index (χ1n) is 7.49. The molecule has 0 spiro atoms. The van der Waals surface area contributed by atoms with E-state index in [0.717, 1.165) is 6.07 Å². The first kappa shape index (κ1) is 17.2. The van der Waals surface area contributed by atoms with Gasteiger partial charge in [0.05, 0.1) is 11.6 Å². The molecule has 0 N–H and O–H groups in total. The Kier molecular flexibility index (Phi) is 4.47. The Bertz CT molecular complexity index is 1060. The highest BCUT2D eigenvalue weighted by Crippen LogP contribution is 2.28. The molecule has 3 aromatic rings. The van der Waals surface area contributed by atoms with E-state index in [-0.39, 0.29) is 5.82 Å². The van der Waals surface area contributed by atoms with Gasteiger partial charge in [0.1, 0.15) is 23.0 Å². The summed E-state index contributed by atoms with van der Waals surface area (Å²) in [5.41, 5.74) is 0.563. The first-order chi connectivity index (χ1) is 12.4. The molecule has 2 heterocycles. The second-order valence-corrected chi connectivity index (χ2v) is 5.36. The summed E-state index contributed by atoms with van der Waals surface area (Å²) in [5.74, 6) is 6.31. The van der Waals surface area contributed by atoms with Crippen LogP contribution in [0.2, 0.25) is 0 Å². The molecular formula is C19H11F3N4. The van der Waals surface area contributed by atoms with Crippen LogP contribution in [0, 0.1) is 30.1 Å². The normalized spacial score (nSPS) is 10.7. The molecule has 7 heteroatoms. The molecule has 1 aromatic carbocycles. The summed E-state index contributed by atoms with van der Waals surface area (Å²) in [6.07, 6.45) is -2.99. The third kappa shape index (κ3) is 3.73. The van der Waals surface area contributed by atoms with E-state index in [1.807, 2.05) is 6.07 Å². The lowest BCUT2D eigenvalue weighted by Gasteiger charge is -2.08. The molecular weight excluding hydrogens is 341 g/mol. The zero-order valence-electron chi connectivity index (χ0n) is 13.5. The zero-order valence-corrected chi connectivity index (χ0v) is 13.5. The summed E-state index contributed by atoms with van der Waals surface area (Å²) in [6.45, 7) is 1.66. The smallest absolute Gasteiger partial charge is 0.287 e. The molecule has 0 amide bonds. The van der Waals surface area contributed by atoms with Crippen LogP contribution in [0.5, 0.6) is 0 Å². The van der Waals surface area contributed by atoms with Crippen molar-refractivity contribution >= 4 is 0 Å². The molecule has 3 rings (SSSR count). The molecule has 0 aliphatic rings. The van der Waals surface area contributed by atoms with Crippen molar-refractivity contribution in [3.8, 4) is 23.7 Å². The van der Waals surface area contributed by atoms with Crippen molar-refractivity contribution < 1.29 is 13.2 Å². The molecule has 128 valence electrons. The third-order valence-electron chi connectivity index (χ3n) is 3.48. The number of benzene rings is 1. The Morgan fingerprint density at radius 1 is 1.00 bits per heavy atom. The summed E-state index contributed by atoms with van der Waals surface area (Å²) in [5, 5.41) is 8.89. The Morgan fingerprint density at radius 3 is 2.46 bits per heavy atom. The number of aryl methyl sites for hydroxylation is 1. The summed E-state index contributed by atoms with van der Waals surface area (Å²) < 4.78 is 39.9. The number of rotatable bonds is 1. The fourth-order valence-electron chi connectivity index (χ4n) is 2.28. The quantitative estimate of drug-likeness (QED) is 0.625. The van der Waals surface area contributed by atoms with Crippen LogP contribution in [0.25, 0.3) is 5.82 Å². The van der Waals surface area contributed by atoms with Gasteiger partial charge in [0.15, 0.2) is 0 Å². The van der Waals surface area contributed by atoms with Crippen molar-refractivity contribution in [3.05, 3.63) is 77.0 Å². The predicted octanol–water partition coefficient (Wildman–Crippen LogP) is 3.87. The third-order valence-corrected chi connectivity index (χ3v) is 3.48. The summed E-state index contributed by atoms with van der Waals surface area (Å²) >= 11 is 0. The van der Waals surface area contributed by atoms with Gasteiger partial charge in [-0.2, -0.15) is 18.4 Å². The molecule has 0 atom stereocenters. The van der Waals surface area contributed by atoms with Crippen LogP contribution < -0.4 is 0 Å². The SMILES string of the molecule is Cc1nc(C#Cc2cccc(C#N)c2)cn1-c1cccc(C(F)(F)F)n1. The number of hydrogen-bond donors (Lipinski definition) is 0. The molecule has 0 saturated carbocycles. The van der Waals surface area contributed by atoms with E-state index in [9.17, 15) is 13.2 Å². The van der Waals surface area contributed by atoms with Gasteiger partial charge in [0, 0.05) is 11.8 Å². The highest BCUT2D eigenvalue weighted by Gasteiger charge is 2.32. The standard InChI is InChI=1S/C19H11F3N4/c1-13-24-16(9-8-14-4-2-5-15(10-14)11-23)12-26(13)18-7-3-6-17(25-18)19(20,21)22/h2-7,10,12H,1H3. The largest absolute Gasteiger partial charge is 0.433 e. The van der Waals surface area contributed by atoms with Crippen LogP contribution in [-0.4, -0.2) is 14.5 Å². The lowest BCUT2D eigenvalue weighted by molar-refractivity contribution is -0.141. The highest BCUT2D eigenvalue weighted by molar-refractivity contribution is 5.45. The van der Waals surface area contributed by atoms with E-state index in [1.54, 1.807) is 31.2 Å². The molecule has 26 heavy (non-hydrogen) atoms. The van der Waals surface area contributed by atoms with Gasteiger partial charge >= 0.3 is 6.18 Å². The average Bonchev–Trinajstić information content (AvgIpc) is 3.00. The van der Waals surface area contributed by atoms with E-state index in [0.29, 0.717) is 22.6 Å². The summed E-state index contributed by atoms with van der Waals surface area (Å²) in [6, 6.07) is 12.5. The fraction of sp³-hybridized carbons (Fsp3) is 0.105.